The molecule has 0 aliphatic rings. The lowest BCUT2D eigenvalue weighted by molar-refractivity contribution is 0.905. The van der Waals surface area contributed by atoms with Crippen LogP contribution in [0.3, 0.4) is 0 Å². The zero-order valence-electron chi connectivity index (χ0n) is 8.99. The Labute approximate surface area is 91.4 Å². The Balaban J connectivity index is 2.61. The van der Waals surface area contributed by atoms with E-state index in [1.54, 1.807) is 0 Å². The highest BCUT2D eigenvalue weighted by molar-refractivity contribution is 7.99. The van der Waals surface area contributed by atoms with Gasteiger partial charge in [0.15, 0.2) is 0 Å². The smallest absolute Gasteiger partial charge is 0.0193 e. The van der Waals surface area contributed by atoms with E-state index in [4.69, 9.17) is 0 Å². The molecule has 0 nitrogen and oxygen atoms in total. The summed E-state index contributed by atoms with van der Waals surface area (Å²) in [6.45, 7) is 8.34. The van der Waals surface area contributed by atoms with Crippen LogP contribution in [0.25, 0.3) is 6.08 Å². The van der Waals surface area contributed by atoms with Crippen LogP contribution in [-0.4, -0.2) is 5.25 Å². The summed E-state index contributed by atoms with van der Waals surface area (Å²) < 4.78 is 0. The van der Waals surface area contributed by atoms with Gasteiger partial charge in [0.2, 0.25) is 0 Å². The molecule has 0 radical (unpaired) electrons. The summed E-state index contributed by atoms with van der Waals surface area (Å²) in [6, 6.07) is 8.47. The zero-order valence-corrected chi connectivity index (χ0v) is 9.81. The van der Waals surface area contributed by atoms with E-state index in [2.05, 4.69) is 44.7 Å². The third-order valence-electron chi connectivity index (χ3n) is 2.37. The molecule has 76 valence electrons. The Kier molecular flexibility index (Phi) is 4.81. The molecule has 1 rings (SSSR count). The molecule has 14 heavy (non-hydrogen) atoms. The minimum Gasteiger partial charge on any atom is -0.154 e. The average Bonchev–Trinajstić information content (AvgIpc) is 2.26. The fourth-order valence-electron chi connectivity index (χ4n) is 1.21. The molecule has 0 saturated heterocycles. The Morgan fingerprint density at radius 1 is 1.43 bits per heavy atom. The molecule has 0 aliphatic carbocycles. The molecule has 0 aromatic heterocycles. The maximum absolute atomic E-state index is 3.83. The van der Waals surface area contributed by atoms with Gasteiger partial charge in [-0.25, -0.2) is 0 Å². The van der Waals surface area contributed by atoms with Gasteiger partial charge < -0.3 is 0 Å². The van der Waals surface area contributed by atoms with Crippen molar-refractivity contribution in [3.63, 3.8) is 0 Å². The molecule has 0 saturated carbocycles. The summed E-state index contributed by atoms with van der Waals surface area (Å²) >= 11 is 2.01. The van der Waals surface area contributed by atoms with Gasteiger partial charge >= 0.3 is 0 Å². The van der Waals surface area contributed by atoms with Crippen LogP contribution >= 0.6 is 11.8 Å². The van der Waals surface area contributed by atoms with E-state index in [1.165, 1.54) is 17.5 Å². The van der Waals surface area contributed by atoms with E-state index < -0.39 is 0 Å². The van der Waals surface area contributed by atoms with Crippen molar-refractivity contribution in [2.24, 2.45) is 0 Å². The van der Waals surface area contributed by atoms with Crippen LogP contribution in [0.4, 0.5) is 0 Å². The van der Waals surface area contributed by atoms with Gasteiger partial charge in [-0.1, -0.05) is 50.8 Å². The van der Waals surface area contributed by atoms with E-state index in [-0.39, 0.29) is 0 Å². The van der Waals surface area contributed by atoms with Gasteiger partial charge in [-0.05, 0) is 17.5 Å². The van der Waals surface area contributed by atoms with Crippen LogP contribution in [0, 0.1) is 0 Å². The Morgan fingerprint density at radius 2 is 2.14 bits per heavy atom. The molecule has 0 fully saturated rings. The van der Waals surface area contributed by atoms with Crippen molar-refractivity contribution in [3.8, 4) is 0 Å². The van der Waals surface area contributed by atoms with Crippen molar-refractivity contribution in [3.05, 3.63) is 42.0 Å². The number of rotatable bonds is 5. The lowest BCUT2D eigenvalue weighted by Crippen LogP contribution is -1.94. The molecule has 0 spiro atoms. The van der Waals surface area contributed by atoms with E-state index in [1.807, 2.05) is 17.8 Å². The molecule has 0 heterocycles. The molecule has 1 atom stereocenters. The van der Waals surface area contributed by atoms with Gasteiger partial charge in [0.05, 0.1) is 0 Å². The van der Waals surface area contributed by atoms with Crippen LogP contribution in [0.1, 0.15) is 31.4 Å². The number of hydrogen-bond donors (Lipinski definition) is 0. The summed E-state index contributed by atoms with van der Waals surface area (Å²) in [5.41, 5.74) is 2.66. The Bertz CT molecular complexity index is 291. The largest absolute Gasteiger partial charge is 0.154 e. The molecule has 0 unspecified atom stereocenters. The average molecular weight is 206 g/mol. The summed E-state index contributed by atoms with van der Waals surface area (Å²) in [5, 5.41) is 0.743. The van der Waals surface area contributed by atoms with Gasteiger partial charge in [-0.15, -0.1) is 0 Å². The van der Waals surface area contributed by atoms with E-state index in [0.717, 1.165) is 11.0 Å². The van der Waals surface area contributed by atoms with Crippen molar-refractivity contribution < 1.29 is 0 Å². The van der Waals surface area contributed by atoms with Crippen molar-refractivity contribution in [2.75, 3.05) is 0 Å². The molecule has 0 aliphatic heterocycles. The molecule has 1 aromatic rings. The fraction of sp³-hybridized carbons (Fsp3) is 0.385. The predicted octanol–water partition coefficient (Wildman–Crippen LogP) is 4.36. The molecule has 1 aromatic carbocycles. The maximum Gasteiger partial charge on any atom is 0.0193 e. The SMILES string of the molecule is C=Cc1ccccc1CS[C@@H](C)CC. The highest BCUT2D eigenvalue weighted by atomic mass is 32.2. The number of hydrogen-bond acceptors (Lipinski definition) is 1. The third kappa shape index (κ3) is 3.22. The minimum atomic E-state index is 0.743. The van der Waals surface area contributed by atoms with Gasteiger partial charge in [0, 0.05) is 11.0 Å². The van der Waals surface area contributed by atoms with Crippen molar-refractivity contribution in [2.45, 2.75) is 31.3 Å². The number of thioether (sulfide) groups is 1. The van der Waals surface area contributed by atoms with Crippen LogP contribution in [-0.2, 0) is 5.75 Å². The highest BCUT2D eigenvalue weighted by Gasteiger charge is 2.02. The molecule has 0 amide bonds. The van der Waals surface area contributed by atoms with Crippen LogP contribution in [0.2, 0.25) is 0 Å². The highest BCUT2D eigenvalue weighted by Crippen LogP contribution is 2.22. The summed E-state index contributed by atoms with van der Waals surface area (Å²) in [5.74, 6) is 1.09. The van der Waals surface area contributed by atoms with Crippen molar-refractivity contribution >= 4 is 17.8 Å². The first-order chi connectivity index (χ1) is 6.77. The van der Waals surface area contributed by atoms with Crippen LogP contribution < -0.4 is 0 Å². The topological polar surface area (TPSA) is 0 Å². The van der Waals surface area contributed by atoms with Crippen molar-refractivity contribution in [1.29, 1.82) is 0 Å². The maximum atomic E-state index is 3.83. The first-order valence-corrected chi connectivity index (χ1v) is 6.14. The molecule has 0 N–H and O–H groups in total. The van der Waals surface area contributed by atoms with Gasteiger partial charge in [-0.3, -0.25) is 0 Å². The van der Waals surface area contributed by atoms with Crippen LogP contribution in [0.5, 0.6) is 0 Å². The lowest BCUT2D eigenvalue weighted by Gasteiger charge is -2.09. The molecule has 0 bridgehead atoms. The molecular weight excluding hydrogens is 188 g/mol. The van der Waals surface area contributed by atoms with Gasteiger partial charge in [-0.2, -0.15) is 11.8 Å². The summed E-state index contributed by atoms with van der Waals surface area (Å²) in [6.07, 6.45) is 3.17. The first kappa shape index (κ1) is 11.4. The van der Waals surface area contributed by atoms with E-state index in [0.29, 0.717) is 0 Å². The summed E-state index contributed by atoms with van der Waals surface area (Å²) in [4.78, 5) is 0. The monoisotopic (exact) mass is 206 g/mol. The molecular formula is C13H18S. The summed E-state index contributed by atoms with van der Waals surface area (Å²) in [7, 11) is 0. The fourth-order valence-corrected chi connectivity index (χ4v) is 2.18. The van der Waals surface area contributed by atoms with Crippen molar-refractivity contribution in [1.82, 2.24) is 0 Å². The normalized spacial score (nSPS) is 12.4. The zero-order chi connectivity index (χ0) is 10.4. The first-order valence-electron chi connectivity index (χ1n) is 5.09. The third-order valence-corrected chi connectivity index (χ3v) is 3.75. The van der Waals surface area contributed by atoms with Gasteiger partial charge in [0.25, 0.3) is 0 Å². The second-order valence-corrected chi connectivity index (χ2v) is 4.86. The second-order valence-electron chi connectivity index (χ2n) is 3.43. The standard InChI is InChI=1S/C13H18S/c1-4-11(3)14-10-13-9-7-6-8-12(13)5-2/h5-9,11H,2,4,10H2,1,3H3/t11-/m0/s1. The predicted molar refractivity (Wildman–Crippen MR) is 67.6 cm³/mol. The molecule has 1 heteroatoms. The second kappa shape index (κ2) is 5.92. The minimum absolute atomic E-state index is 0.743. The van der Waals surface area contributed by atoms with E-state index >= 15 is 0 Å². The van der Waals surface area contributed by atoms with E-state index in [9.17, 15) is 0 Å². The Hall–Kier alpha value is -0.690. The lowest BCUT2D eigenvalue weighted by atomic mass is 10.1. The number of benzene rings is 1. The quantitative estimate of drug-likeness (QED) is 0.689. The van der Waals surface area contributed by atoms with Gasteiger partial charge in [0.1, 0.15) is 0 Å². The Morgan fingerprint density at radius 3 is 2.79 bits per heavy atom. The van der Waals surface area contributed by atoms with Crippen LogP contribution in [0.15, 0.2) is 30.8 Å².